The van der Waals surface area contributed by atoms with Crippen LogP contribution in [0.3, 0.4) is 0 Å². The molecule has 2 aromatic rings. The smallest absolute Gasteiger partial charge is 0.158 e. The maximum atomic E-state index is 8.74. The maximum absolute atomic E-state index is 8.74. The van der Waals surface area contributed by atoms with E-state index in [0.717, 1.165) is 25.0 Å². The lowest BCUT2D eigenvalue weighted by molar-refractivity contribution is 0.00551. The number of hydrogen-bond donors (Lipinski definition) is 1. The minimum absolute atomic E-state index is 0.0510. The Labute approximate surface area is 122 Å². The molecule has 0 aromatic carbocycles. The highest BCUT2D eigenvalue weighted by atomic mass is 16.5. The van der Waals surface area contributed by atoms with Crippen LogP contribution in [0, 0.1) is 11.3 Å². The van der Waals surface area contributed by atoms with Gasteiger partial charge in [-0.25, -0.2) is 9.97 Å². The summed E-state index contributed by atoms with van der Waals surface area (Å²) >= 11 is 0. The van der Waals surface area contributed by atoms with Crippen LogP contribution in [-0.2, 0) is 11.8 Å². The van der Waals surface area contributed by atoms with Crippen LogP contribution in [-0.4, -0.2) is 32.4 Å². The summed E-state index contributed by atoms with van der Waals surface area (Å²) in [6.07, 6.45) is 8.77. The van der Waals surface area contributed by atoms with Gasteiger partial charge in [0.15, 0.2) is 5.69 Å². The van der Waals surface area contributed by atoms with E-state index in [-0.39, 0.29) is 12.1 Å². The van der Waals surface area contributed by atoms with Crippen molar-refractivity contribution in [3.05, 3.63) is 36.0 Å². The summed E-state index contributed by atoms with van der Waals surface area (Å²) in [5, 5.41) is 16.3. The van der Waals surface area contributed by atoms with Crippen molar-refractivity contribution in [1.82, 2.24) is 19.7 Å². The molecule has 2 aromatic heterocycles. The lowest BCUT2D eigenvalue weighted by atomic mass is 9.98. The summed E-state index contributed by atoms with van der Waals surface area (Å²) in [5.41, 5.74) is 1.36. The van der Waals surface area contributed by atoms with E-state index < -0.39 is 0 Å². The molecule has 0 saturated carbocycles. The third kappa shape index (κ3) is 3.01. The van der Waals surface area contributed by atoms with Crippen molar-refractivity contribution >= 4 is 5.82 Å². The predicted molar refractivity (Wildman–Crippen MR) is 75.3 cm³/mol. The number of hydrogen-bond acceptors (Lipinski definition) is 6. The molecule has 21 heavy (non-hydrogen) atoms. The molecule has 1 N–H and O–H groups in total. The van der Waals surface area contributed by atoms with Crippen molar-refractivity contribution < 1.29 is 4.74 Å². The van der Waals surface area contributed by atoms with Crippen molar-refractivity contribution in [2.75, 3.05) is 11.9 Å². The quantitative estimate of drug-likeness (QED) is 0.916. The minimum Gasteiger partial charge on any atom is -0.371 e. The monoisotopic (exact) mass is 284 g/mol. The Kier molecular flexibility index (Phi) is 3.79. The Balaban J connectivity index is 1.76. The summed E-state index contributed by atoms with van der Waals surface area (Å²) in [6, 6.07) is 2.07. The number of aromatic nitrogens is 4. The number of nitriles is 1. The SMILES string of the molecule is Cn1cc([C@H]2OCCC[C@@H]2Nc2cnc(C#N)cn2)cn1. The largest absolute Gasteiger partial charge is 0.371 e. The van der Waals surface area contributed by atoms with Gasteiger partial charge in [-0.2, -0.15) is 10.4 Å². The molecule has 0 aliphatic carbocycles. The Morgan fingerprint density at radius 3 is 2.95 bits per heavy atom. The van der Waals surface area contributed by atoms with Gasteiger partial charge >= 0.3 is 0 Å². The van der Waals surface area contributed by atoms with Crippen molar-refractivity contribution in [1.29, 1.82) is 5.26 Å². The Morgan fingerprint density at radius 2 is 2.29 bits per heavy atom. The third-order valence-corrected chi connectivity index (χ3v) is 3.48. The standard InChI is InChI=1S/C14H16N6O/c1-20-9-10(6-18-20)14-12(3-2-4-21-14)19-13-8-16-11(5-15)7-17-13/h6-9,12,14H,2-4H2,1H3,(H,17,19)/t12-,14+/m0/s1. The van der Waals surface area contributed by atoms with Crippen LogP contribution < -0.4 is 5.32 Å². The fourth-order valence-corrected chi connectivity index (χ4v) is 2.49. The van der Waals surface area contributed by atoms with Crippen LogP contribution in [0.1, 0.15) is 30.2 Å². The number of nitrogens with one attached hydrogen (secondary N) is 1. The highest BCUT2D eigenvalue weighted by Gasteiger charge is 2.28. The molecule has 1 fully saturated rings. The average molecular weight is 284 g/mol. The molecular weight excluding hydrogens is 268 g/mol. The molecule has 7 heteroatoms. The van der Waals surface area contributed by atoms with Gasteiger partial charge in [-0.15, -0.1) is 0 Å². The second kappa shape index (κ2) is 5.89. The summed E-state index contributed by atoms with van der Waals surface area (Å²) < 4.78 is 7.66. The number of rotatable bonds is 3. The molecule has 1 aliphatic heterocycles. The van der Waals surface area contributed by atoms with E-state index in [1.54, 1.807) is 10.9 Å². The van der Waals surface area contributed by atoms with Gasteiger partial charge in [-0.3, -0.25) is 4.68 Å². The van der Waals surface area contributed by atoms with Gasteiger partial charge in [-0.1, -0.05) is 0 Å². The van der Waals surface area contributed by atoms with Crippen molar-refractivity contribution in [3.63, 3.8) is 0 Å². The summed E-state index contributed by atoms with van der Waals surface area (Å²) in [7, 11) is 1.89. The van der Waals surface area contributed by atoms with Crippen LogP contribution in [0.4, 0.5) is 5.82 Å². The molecule has 7 nitrogen and oxygen atoms in total. The first-order valence-electron chi connectivity index (χ1n) is 6.85. The van der Waals surface area contributed by atoms with Gasteiger partial charge in [0.1, 0.15) is 18.0 Å². The molecule has 0 amide bonds. The van der Waals surface area contributed by atoms with Gasteiger partial charge in [-0.05, 0) is 12.8 Å². The second-order valence-corrected chi connectivity index (χ2v) is 5.03. The van der Waals surface area contributed by atoms with E-state index in [1.165, 1.54) is 6.20 Å². The Hall–Kier alpha value is -2.46. The van der Waals surface area contributed by atoms with E-state index in [9.17, 15) is 0 Å². The van der Waals surface area contributed by atoms with Gasteiger partial charge in [0, 0.05) is 25.4 Å². The molecule has 3 rings (SSSR count). The Morgan fingerprint density at radius 1 is 1.38 bits per heavy atom. The van der Waals surface area contributed by atoms with Crippen molar-refractivity contribution in [2.24, 2.45) is 7.05 Å². The normalized spacial score (nSPS) is 21.7. The fourth-order valence-electron chi connectivity index (χ4n) is 2.49. The van der Waals surface area contributed by atoms with Crippen LogP contribution in [0.2, 0.25) is 0 Å². The summed E-state index contributed by atoms with van der Waals surface area (Å²) in [5.74, 6) is 0.651. The molecule has 1 aliphatic rings. The lowest BCUT2D eigenvalue weighted by Crippen LogP contribution is -2.34. The highest BCUT2D eigenvalue weighted by Crippen LogP contribution is 2.29. The number of nitrogens with zero attached hydrogens (tertiary/aromatic N) is 5. The van der Waals surface area contributed by atoms with Crippen LogP contribution in [0.5, 0.6) is 0 Å². The second-order valence-electron chi connectivity index (χ2n) is 5.03. The zero-order valence-corrected chi connectivity index (χ0v) is 11.7. The molecular formula is C14H16N6O. The van der Waals surface area contributed by atoms with Crippen LogP contribution in [0.25, 0.3) is 0 Å². The number of aryl methyl sites for hydroxylation is 1. The maximum Gasteiger partial charge on any atom is 0.158 e. The number of anilines is 1. The first kappa shape index (κ1) is 13.5. The first-order chi connectivity index (χ1) is 10.3. The minimum atomic E-state index is -0.0510. The zero-order valence-electron chi connectivity index (χ0n) is 11.7. The van der Waals surface area contributed by atoms with E-state index >= 15 is 0 Å². The predicted octanol–water partition coefficient (Wildman–Crippen LogP) is 1.41. The lowest BCUT2D eigenvalue weighted by Gasteiger charge is -2.32. The van der Waals surface area contributed by atoms with Crippen LogP contribution in [0.15, 0.2) is 24.8 Å². The molecule has 0 unspecified atom stereocenters. The van der Waals surface area contributed by atoms with E-state index in [0.29, 0.717) is 11.5 Å². The zero-order chi connectivity index (χ0) is 14.7. The fraction of sp³-hybridized carbons (Fsp3) is 0.429. The van der Waals surface area contributed by atoms with E-state index in [2.05, 4.69) is 20.4 Å². The highest BCUT2D eigenvalue weighted by molar-refractivity contribution is 5.35. The summed E-state index contributed by atoms with van der Waals surface area (Å²) in [6.45, 7) is 0.747. The molecule has 1 saturated heterocycles. The van der Waals surface area contributed by atoms with Crippen molar-refractivity contribution in [2.45, 2.75) is 25.0 Å². The van der Waals surface area contributed by atoms with Gasteiger partial charge < -0.3 is 10.1 Å². The Bertz CT molecular complexity index is 644. The first-order valence-corrected chi connectivity index (χ1v) is 6.85. The topological polar surface area (TPSA) is 88.6 Å². The van der Waals surface area contributed by atoms with E-state index in [1.807, 2.05) is 25.5 Å². The average Bonchev–Trinajstić information content (AvgIpc) is 2.95. The molecule has 108 valence electrons. The molecule has 0 bridgehead atoms. The van der Waals surface area contributed by atoms with Gasteiger partial charge in [0.05, 0.1) is 24.6 Å². The summed E-state index contributed by atoms with van der Waals surface area (Å²) in [4.78, 5) is 8.23. The van der Waals surface area contributed by atoms with Gasteiger partial charge in [0.25, 0.3) is 0 Å². The van der Waals surface area contributed by atoms with E-state index in [4.69, 9.17) is 10.00 Å². The molecule has 0 spiro atoms. The third-order valence-electron chi connectivity index (χ3n) is 3.48. The molecule has 2 atom stereocenters. The molecule has 3 heterocycles. The molecule has 0 radical (unpaired) electrons. The van der Waals surface area contributed by atoms with Gasteiger partial charge in [0.2, 0.25) is 0 Å². The van der Waals surface area contributed by atoms with Crippen LogP contribution >= 0.6 is 0 Å². The number of ether oxygens (including phenoxy) is 1. The van der Waals surface area contributed by atoms with Crippen molar-refractivity contribution in [3.8, 4) is 6.07 Å².